The van der Waals surface area contributed by atoms with Crippen LogP contribution in [0.1, 0.15) is 30.4 Å². The minimum absolute atomic E-state index is 0.125. The zero-order chi connectivity index (χ0) is 20.7. The van der Waals surface area contributed by atoms with E-state index in [1.54, 1.807) is 18.2 Å². The minimum atomic E-state index is -0.296. The number of methoxy groups -OCH3 is 1. The number of carbonyl (C=O) groups excluding carboxylic acids is 2. The third-order valence-electron chi connectivity index (χ3n) is 6.52. The number of hydrogen-bond donors (Lipinski definition) is 1. The Morgan fingerprint density at radius 1 is 1.20 bits per heavy atom. The highest BCUT2D eigenvalue weighted by molar-refractivity contribution is 5.98. The fraction of sp³-hybridized carbons (Fsp3) is 0.500. The van der Waals surface area contributed by atoms with Crippen LogP contribution in [0.4, 0.5) is 0 Å². The van der Waals surface area contributed by atoms with Gasteiger partial charge in [-0.1, -0.05) is 6.07 Å². The van der Waals surface area contributed by atoms with Crippen molar-refractivity contribution in [2.75, 3.05) is 20.2 Å². The van der Waals surface area contributed by atoms with Gasteiger partial charge >= 0.3 is 0 Å². The SMILES string of the molecule is COc1ccc(CN[C@H]2C[C@H]3C(=O)N4CCC[C@@H]4C(=O)N3C2)cc1Cn1cccn1. The van der Waals surface area contributed by atoms with Crippen molar-refractivity contribution in [1.82, 2.24) is 24.9 Å². The van der Waals surface area contributed by atoms with Gasteiger partial charge in [0, 0.05) is 43.6 Å². The highest BCUT2D eigenvalue weighted by Crippen LogP contribution is 2.32. The molecule has 8 nitrogen and oxygen atoms in total. The summed E-state index contributed by atoms with van der Waals surface area (Å²) in [5.41, 5.74) is 2.21. The zero-order valence-corrected chi connectivity index (χ0v) is 17.2. The predicted molar refractivity (Wildman–Crippen MR) is 110 cm³/mol. The molecule has 2 aromatic rings. The summed E-state index contributed by atoms with van der Waals surface area (Å²) < 4.78 is 7.37. The first-order chi connectivity index (χ1) is 14.6. The molecule has 1 N–H and O–H groups in total. The van der Waals surface area contributed by atoms with E-state index in [-0.39, 0.29) is 29.9 Å². The van der Waals surface area contributed by atoms with Crippen molar-refractivity contribution >= 4 is 11.8 Å². The summed E-state index contributed by atoms with van der Waals surface area (Å²) in [6.07, 6.45) is 6.11. The average molecular weight is 409 g/mol. The van der Waals surface area contributed by atoms with Gasteiger partial charge in [-0.05, 0) is 43.0 Å². The molecule has 3 saturated heterocycles. The van der Waals surface area contributed by atoms with Crippen LogP contribution in [-0.4, -0.2) is 69.7 Å². The third kappa shape index (κ3) is 3.35. The second-order valence-corrected chi connectivity index (χ2v) is 8.36. The Bertz CT molecular complexity index is 914. The molecule has 2 amide bonds. The van der Waals surface area contributed by atoms with E-state index in [0.29, 0.717) is 26.1 Å². The van der Waals surface area contributed by atoms with E-state index in [4.69, 9.17) is 4.74 Å². The number of hydrogen-bond acceptors (Lipinski definition) is 5. The van der Waals surface area contributed by atoms with E-state index in [0.717, 1.165) is 36.3 Å². The molecule has 4 heterocycles. The maximum absolute atomic E-state index is 12.8. The highest BCUT2D eigenvalue weighted by atomic mass is 16.5. The number of benzene rings is 1. The Labute approximate surface area is 175 Å². The summed E-state index contributed by atoms with van der Waals surface area (Å²) in [7, 11) is 1.67. The molecule has 8 heteroatoms. The fourth-order valence-corrected chi connectivity index (χ4v) is 5.03. The quantitative estimate of drug-likeness (QED) is 0.770. The fourth-order valence-electron chi connectivity index (χ4n) is 5.03. The van der Waals surface area contributed by atoms with E-state index in [2.05, 4.69) is 16.5 Å². The van der Waals surface area contributed by atoms with Crippen molar-refractivity contribution in [3.8, 4) is 5.75 Å². The lowest BCUT2D eigenvalue weighted by molar-refractivity contribution is -0.156. The third-order valence-corrected chi connectivity index (χ3v) is 6.52. The van der Waals surface area contributed by atoms with Crippen LogP contribution in [0.2, 0.25) is 0 Å². The topological polar surface area (TPSA) is 79.7 Å². The number of carbonyl (C=O) groups is 2. The molecular weight excluding hydrogens is 382 g/mol. The van der Waals surface area contributed by atoms with E-state index in [1.807, 2.05) is 34.0 Å². The molecule has 30 heavy (non-hydrogen) atoms. The molecule has 3 aliphatic heterocycles. The number of piperazine rings is 1. The van der Waals surface area contributed by atoms with Crippen molar-refractivity contribution in [2.24, 2.45) is 0 Å². The van der Waals surface area contributed by atoms with Crippen molar-refractivity contribution in [3.05, 3.63) is 47.8 Å². The molecule has 0 radical (unpaired) electrons. The van der Waals surface area contributed by atoms with Gasteiger partial charge in [0.1, 0.15) is 17.8 Å². The molecule has 5 rings (SSSR count). The van der Waals surface area contributed by atoms with Crippen LogP contribution in [0, 0.1) is 0 Å². The van der Waals surface area contributed by atoms with Crippen molar-refractivity contribution in [3.63, 3.8) is 0 Å². The smallest absolute Gasteiger partial charge is 0.246 e. The molecule has 1 aromatic carbocycles. The van der Waals surface area contributed by atoms with Crippen LogP contribution < -0.4 is 10.1 Å². The Morgan fingerprint density at radius 3 is 2.87 bits per heavy atom. The van der Waals surface area contributed by atoms with Crippen LogP contribution >= 0.6 is 0 Å². The van der Waals surface area contributed by atoms with Gasteiger partial charge in [0.15, 0.2) is 0 Å². The van der Waals surface area contributed by atoms with Crippen molar-refractivity contribution < 1.29 is 14.3 Å². The first-order valence-electron chi connectivity index (χ1n) is 10.6. The van der Waals surface area contributed by atoms with Gasteiger partial charge in [0.05, 0.1) is 13.7 Å². The predicted octanol–water partition coefficient (Wildman–Crippen LogP) is 1.00. The lowest BCUT2D eigenvalue weighted by Crippen LogP contribution is -2.60. The first-order valence-corrected chi connectivity index (χ1v) is 10.6. The Morgan fingerprint density at radius 2 is 2.07 bits per heavy atom. The minimum Gasteiger partial charge on any atom is -0.496 e. The lowest BCUT2D eigenvalue weighted by atomic mass is 10.1. The van der Waals surface area contributed by atoms with E-state index >= 15 is 0 Å². The Balaban J connectivity index is 1.25. The largest absolute Gasteiger partial charge is 0.496 e. The van der Waals surface area contributed by atoms with Crippen LogP contribution in [0.5, 0.6) is 5.75 Å². The van der Waals surface area contributed by atoms with Gasteiger partial charge in [0.2, 0.25) is 11.8 Å². The summed E-state index contributed by atoms with van der Waals surface area (Å²) in [5.74, 6) is 1.10. The number of rotatable bonds is 6. The summed E-state index contributed by atoms with van der Waals surface area (Å²) in [5, 5.41) is 7.83. The van der Waals surface area contributed by atoms with Gasteiger partial charge in [-0.15, -0.1) is 0 Å². The molecule has 0 bridgehead atoms. The zero-order valence-electron chi connectivity index (χ0n) is 17.2. The number of amides is 2. The van der Waals surface area contributed by atoms with Gasteiger partial charge < -0.3 is 19.9 Å². The molecule has 0 spiro atoms. The average Bonchev–Trinajstić information content (AvgIpc) is 3.51. The number of nitrogens with one attached hydrogen (secondary N) is 1. The Hall–Kier alpha value is -2.87. The van der Waals surface area contributed by atoms with E-state index in [1.165, 1.54) is 0 Å². The molecule has 0 saturated carbocycles. The van der Waals surface area contributed by atoms with E-state index < -0.39 is 0 Å². The summed E-state index contributed by atoms with van der Waals surface area (Å²) in [6.45, 7) is 2.65. The van der Waals surface area contributed by atoms with Crippen LogP contribution in [-0.2, 0) is 22.7 Å². The van der Waals surface area contributed by atoms with Gasteiger partial charge in [-0.3, -0.25) is 14.3 Å². The van der Waals surface area contributed by atoms with Crippen LogP contribution in [0.15, 0.2) is 36.7 Å². The first kappa shape index (κ1) is 19.1. The number of ether oxygens (including phenoxy) is 1. The molecule has 3 fully saturated rings. The highest BCUT2D eigenvalue weighted by Gasteiger charge is 2.51. The maximum Gasteiger partial charge on any atom is 0.246 e. The Kier molecular flexibility index (Phi) is 4.94. The second kappa shape index (κ2) is 7.75. The molecule has 3 atom stereocenters. The van der Waals surface area contributed by atoms with Crippen LogP contribution in [0.25, 0.3) is 0 Å². The van der Waals surface area contributed by atoms with Crippen LogP contribution in [0.3, 0.4) is 0 Å². The molecule has 3 aliphatic rings. The molecule has 1 aromatic heterocycles. The van der Waals surface area contributed by atoms with Gasteiger partial charge in [-0.25, -0.2) is 0 Å². The van der Waals surface area contributed by atoms with Crippen molar-refractivity contribution in [2.45, 2.75) is 50.5 Å². The number of aromatic nitrogens is 2. The van der Waals surface area contributed by atoms with Crippen molar-refractivity contribution in [1.29, 1.82) is 0 Å². The standard InChI is InChI=1S/C22H27N5O3/c1-30-20-6-5-15(10-16(20)13-25-8-3-7-24-25)12-23-17-11-19-22(29)26-9-2-4-18(26)21(28)27(19)14-17/h3,5-8,10,17-19,23H,2,4,9,11-14H2,1H3/t17-,18+,19-/m0/s1. The van der Waals surface area contributed by atoms with E-state index in [9.17, 15) is 9.59 Å². The monoisotopic (exact) mass is 409 g/mol. The summed E-state index contributed by atoms with van der Waals surface area (Å²) in [4.78, 5) is 29.2. The lowest BCUT2D eigenvalue weighted by Gasteiger charge is -2.38. The summed E-state index contributed by atoms with van der Waals surface area (Å²) >= 11 is 0. The molecule has 0 aliphatic carbocycles. The number of fused-ring (bicyclic) bond motifs is 2. The summed E-state index contributed by atoms with van der Waals surface area (Å²) in [6, 6.07) is 7.67. The molecular formula is C22H27N5O3. The van der Waals surface area contributed by atoms with Gasteiger partial charge in [-0.2, -0.15) is 5.10 Å². The maximum atomic E-state index is 12.8. The van der Waals surface area contributed by atoms with Gasteiger partial charge in [0.25, 0.3) is 0 Å². The normalized spacial score (nSPS) is 25.6. The molecule has 0 unspecified atom stereocenters. The second-order valence-electron chi connectivity index (χ2n) is 8.36. The molecule has 158 valence electrons. The number of nitrogens with zero attached hydrogens (tertiary/aromatic N) is 4.